The van der Waals surface area contributed by atoms with E-state index in [-0.39, 0.29) is 11.5 Å². The molecule has 0 aliphatic rings. The van der Waals surface area contributed by atoms with Gasteiger partial charge in [0.05, 0.1) is 0 Å². The number of aromatic amines is 2. The van der Waals surface area contributed by atoms with E-state index in [2.05, 4.69) is 25.4 Å². The van der Waals surface area contributed by atoms with Crippen molar-refractivity contribution in [3.05, 3.63) is 52.1 Å². The maximum atomic E-state index is 11.8. The first-order valence-electron chi connectivity index (χ1n) is 5.76. The Morgan fingerprint density at radius 3 is 2.68 bits per heavy atom. The number of rotatable bonds is 3. The first-order chi connectivity index (χ1) is 9.26. The van der Waals surface area contributed by atoms with Crippen LogP contribution in [0.3, 0.4) is 0 Å². The van der Waals surface area contributed by atoms with Crippen LogP contribution in [0.2, 0.25) is 0 Å². The fourth-order valence-electron chi connectivity index (χ4n) is 1.90. The average Bonchev–Trinajstić information content (AvgIpc) is 2.83. The Bertz CT molecular complexity index is 761. The summed E-state index contributed by atoms with van der Waals surface area (Å²) < 4.78 is 0. The van der Waals surface area contributed by atoms with Gasteiger partial charge >= 0.3 is 0 Å². The van der Waals surface area contributed by atoms with E-state index in [1.165, 1.54) is 0 Å². The summed E-state index contributed by atoms with van der Waals surface area (Å²) in [5, 5.41) is 0. The lowest BCUT2D eigenvalue weighted by Gasteiger charge is -1.95. The Hall–Kier alpha value is -2.67. The van der Waals surface area contributed by atoms with Crippen molar-refractivity contribution in [3.63, 3.8) is 0 Å². The Kier molecular flexibility index (Phi) is 2.73. The molecule has 0 atom stereocenters. The van der Waals surface area contributed by atoms with Gasteiger partial charge < -0.3 is 4.98 Å². The molecule has 0 spiro atoms. The number of imidazole rings is 1. The second-order valence-corrected chi connectivity index (χ2v) is 4.10. The van der Waals surface area contributed by atoms with Crippen molar-refractivity contribution < 1.29 is 0 Å². The molecule has 96 valence electrons. The second kappa shape index (κ2) is 4.54. The first kappa shape index (κ1) is 11.4. The van der Waals surface area contributed by atoms with Gasteiger partial charge in [-0.15, -0.1) is 0 Å². The van der Waals surface area contributed by atoms with Gasteiger partial charge in [0.1, 0.15) is 5.82 Å². The molecule has 0 bridgehead atoms. The highest BCUT2D eigenvalue weighted by atomic mass is 16.1. The number of hydrogen-bond acceptors (Lipinski definition) is 5. The van der Waals surface area contributed by atoms with Crippen molar-refractivity contribution in [2.24, 2.45) is 5.84 Å². The molecule has 0 amide bonds. The molecule has 2 heterocycles. The molecular formula is C12H12N6O. The molecule has 3 aromatic rings. The highest BCUT2D eigenvalue weighted by Crippen LogP contribution is 2.10. The van der Waals surface area contributed by atoms with Crippen molar-refractivity contribution in [1.82, 2.24) is 19.9 Å². The molecule has 3 rings (SSSR count). The van der Waals surface area contributed by atoms with E-state index in [0.29, 0.717) is 23.4 Å². The van der Waals surface area contributed by atoms with Gasteiger partial charge in [0, 0.05) is 6.42 Å². The highest BCUT2D eigenvalue weighted by molar-refractivity contribution is 5.70. The third-order valence-corrected chi connectivity index (χ3v) is 2.76. The SMILES string of the molecule is NNc1nc2nc(Cc3ccccc3)[nH]c2c(=O)[nH]1. The minimum atomic E-state index is -0.301. The maximum Gasteiger partial charge on any atom is 0.278 e. The summed E-state index contributed by atoms with van der Waals surface area (Å²) in [5.41, 5.74) is 3.81. The fourth-order valence-corrected chi connectivity index (χ4v) is 1.90. The predicted octanol–water partition coefficient (Wildman–Crippen LogP) is 0.523. The van der Waals surface area contributed by atoms with Crippen molar-refractivity contribution in [2.45, 2.75) is 6.42 Å². The van der Waals surface area contributed by atoms with Crippen LogP contribution in [0.5, 0.6) is 0 Å². The molecule has 0 saturated heterocycles. The monoisotopic (exact) mass is 256 g/mol. The van der Waals surface area contributed by atoms with Crippen LogP contribution < -0.4 is 16.8 Å². The largest absolute Gasteiger partial charge is 0.336 e. The molecule has 7 nitrogen and oxygen atoms in total. The third-order valence-electron chi connectivity index (χ3n) is 2.76. The van der Waals surface area contributed by atoms with Crippen molar-refractivity contribution in [2.75, 3.05) is 5.43 Å². The molecular weight excluding hydrogens is 244 g/mol. The van der Waals surface area contributed by atoms with E-state index in [4.69, 9.17) is 5.84 Å². The van der Waals surface area contributed by atoms with Gasteiger partial charge in [0.15, 0.2) is 11.2 Å². The molecule has 0 aliphatic heterocycles. The van der Waals surface area contributed by atoms with Gasteiger partial charge in [-0.2, -0.15) is 4.98 Å². The number of anilines is 1. The topological polar surface area (TPSA) is 112 Å². The van der Waals surface area contributed by atoms with E-state index in [0.717, 1.165) is 5.56 Å². The van der Waals surface area contributed by atoms with Crippen molar-refractivity contribution in [3.8, 4) is 0 Å². The van der Waals surface area contributed by atoms with Crippen LogP contribution in [0.4, 0.5) is 5.95 Å². The third kappa shape index (κ3) is 2.18. The van der Waals surface area contributed by atoms with E-state index in [9.17, 15) is 4.79 Å². The molecule has 0 aliphatic carbocycles. The lowest BCUT2D eigenvalue weighted by Crippen LogP contribution is -2.16. The summed E-state index contributed by atoms with van der Waals surface area (Å²) in [6.45, 7) is 0. The van der Waals surface area contributed by atoms with E-state index in [1.54, 1.807) is 0 Å². The van der Waals surface area contributed by atoms with Crippen LogP contribution in [-0.4, -0.2) is 19.9 Å². The van der Waals surface area contributed by atoms with Crippen LogP contribution in [0.25, 0.3) is 11.2 Å². The molecule has 1 aromatic carbocycles. The fraction of sp³-hybridized carbons (Fsp3) is 0.0833. The normalized spacial score (nSPS) is 10.8. The van der Waals surface area contributed by atoms with Crippen LogP contribution in [0.1, 0.15) is 11.4 Å². The van der Waals surface area contributed by atoms with Crippen LogP contribution in [0, 0.1) is 0 Å². The van der Waals surface area contributed by atoms with Gasteiger partial charge in [-0.1, -0.05) is 30.3 Å². The number of hydrazine groups is 1. The summed E-state index contributed by atoms with van der Waals surface area (Å²) in [6.07, 6.45) is 0.613. The molecule has 5 N–H and O–H groups in total. The first-order valence-corrected chi connectivity index (χ1v) is 5.76. The van der Waals surface area contributed by atoms with E-state index < -0.39 is 0 Å². The molecule has 0 fully saturated rings. The minimum Gasteiger partial charge on any atom is -0.336 e. The summed E-state index contributed by atoms with van der Waals surface area (Å²) in [6, 6.07) is 9.86. The van der Waals surface area contributed by atoms with Gasteiger partial charge in [-0.05, 0) is 5.56 Å². The lowest BCUT2D eigenvalue weighted by atomic mass is 10.1. The Labute approximate surface area is 107 Å². The average molecular weight is 256 g/mol. The van der Waals surface area contributed by atoms with E-state index in [1.807, 2.05) is 30.3 Å². The van der Waals surface area contributed by atoms with Crippen LogP contribution in [-0.2, 0) is 6.42 Å². The standard InChI is InChI=1S/C12H12N6O/c13-18-12-16-10-9(11(19)17-12)14-8(15-10)6-7-4-2-1-3-5-7/h1-5H,6,13H2,(H3,14,15,16,17,18,19). The minimum absolute atomic E-state index is 0.190. The van der Waals surface area contributed by atoms with Gasteiger partial charge in [-0.25, -0.2) is 10.8 Å². The molecule has 2 aromatic heterocycles. The number of benzene rings is 1. The summed E-state index contributed by atoms with van der Waals surface area (Å²) in [5.74, 6) is 6.10. The Balaban J connectivity index is 2.02. The van der Waals surface area contributed by atoms with E-state index >= 15 is 0 Å². The van der Waals surface area contributed by atoms with Crippen molar-refractivity contribution >= 4 is 17.1 Å². The maximum absolute atomic E-state index is 11.8. The number of nitrogens with one attached hydrogen (secondary N) is 3. The number of fused-ring (bicyclic) bond motifs is 1. The summed E-state index contributed by atoms with van der Waals surface area (Å²) in [7, 11) is 0. The molecule has 0 saturated carbocycles. The van der Waals surface area contributed by atoms with Gasteiger partial charge in [-0.3, -0.25) is 15.2 Å². The molecule has 7 heteroatoms. The Morgan fingerprint density at radius 2 is 1.95 bits per heavy atom. The number of H-pyrrole nitrogens is 2. The summed E-state index contributed by atoms with van der Waals surface area (Å²) >= 11 is 0. The summed E-state index contributed by atoms with van der Waals surface area (Å²) in [4.78, 5) is 25.6. The zero-order valence-corrected chi connectivity index (χ0v) is 9.97. The smallest absolute Gasteiger partial charge is 0.278 e. The number of hydrogen-bond donors (Lipinski definition) is 4. The quantitative estimate of drug-likeness (QED) is 0.403. The predicted molar refractivity (Wildman–Crippen MR) is 71.6 cm³/mol. The highest BCUT2D eigenvalue weighted by Gasteiger charge is 2.09. The lowest BCUT2D eigenvalue weighted by molar-refractivity contribution is 1.03. The molecule has 0 unspecified atom stereocenters. The van der Waals surface area contributed by atoms with Gasteiger partial charge in [0.25, 0.3) is 5.56 Å². The molecule has 19 heavy (non-hydrogen) atoms. The zero-order valence-electron chi connectivity index (χ0n) is 9.97. The number of nitrogens with zero attached hydrogens (tertiary/aromatic N) is 2. The number of nitrogen functional groups attached to an aromatic ring is 1. The number of aromatic nitrogens is 4. The van der Waals surface area contributed by atoms with Crippen molar-refractivity contribution in [1.29, 1.82) is 0 Å². The van der Waals surface area contributed by atoms with Crippen LogP contribution in [0.15, 0.2) is 35.1 Å². The Morgan fingerprint density at radius 1 is 1.16 bits per heavy atom. The number of nitrogens with two attached hydrogens (primary N) is 1. The van der Waals surface area contributed by atoms with Gasteiger partial charge in [0.2, 0.25) is 5.95 Å². The molecule has 0 radical (unpaired) electrons. The zero-order chi connectivity index (χ0) is 13.2. The second-order valence-electron chi connectivity index (χ2n) is 4.10. The van der Waals surface area contributed by atoms with Crippen LogP contribution >= 0.6 is 0 Å².